The number of aryl methyl sites for hydroxylation is 1. The first-order valence-electron chi connectivity index (χ1n) is 7.66. The first kappa shape index (κ1) is 13.5. The topological polar surface area (TPSA) is 63.1 Å². The van der Waals surface area contributed by atoms with Gasteiger partial charge in [-0.25, -0.2) is 4.98 Å². The van der Waals surface area contributed by atoms with Crippen LogP contribution in [0, 0.1) is 5.92 Å². The second-order valence-corrected chi connectivity index (χ2v) is 5.83. The van der Waals surface area contributed by atoms with Crippen molar-refractivity contribution in [3.63, 3.8) is 0 Å². The van der Waals surface area contributed by atoms with E-state index in [0.717, 1.165) is 31.8 Å². The van der Waals surface area contributed by atoms with Crippen molar-refractivity contribution in [1.82, 2.24) is 25.0 Å². The molecule has 0 saturated carbocycles. The van der Waals surface area contributed by atoms with E-state index in [2.05, 4.69) is 15.4 Å². The highest BCUT2D eigenvalue weighted by Gasteiger charge is 2.29. The fraction of sp³-hybridized carbons (Fsp3) is 0.786. The summed E-state index contributed by atoms with van der Waals surface area (Å²) in [5, 5.41) is 7.62. The van der Waals surface area contributed by atoms with E-state index in [9.17, 15) is 4.79 Å². The molecule has 0 aromatic carbocycles. The molecule has 1 N–H and O–H groups in total. The van der Waals surface area contributed by atoms with Crippen molar-refractivity contribution in [2.24, 2.45) is 5.92 Å². The number of carbonyl (C=O) groups excluding carboxylic acids is 1. The lowest BCUT2D eigenvalue weighted by Crippen LogP contribution is -2.43. The van der Waals surface area contributed by atoms with Gasteiger partial charge in [0.05, 0.1) is 6.54 Å². The second kappa shape index (κ2) is 6.35. The molecule has 0 radical (unpaired) electrons. The van der Waals surface area contributed by atoms with Gasteiger partial charge in [0.2, 0.25) is 5.91 Å². The van der Waals surface area contributed by atoms with Crippen molar-refractivity contribution in [2.75, 3.05) is 19.6 Å². The molecule has 1 atom stereocenters. The summed E-state index contributed by atoms with van der Waals surface area (Å²) >= 11 is 0. The Morgan fingerprint density at radius 1 is 1.30 bits per heavy atom. The minimum atomic E-state index is 0.248. The first-order chi connectivity index (χ1) is 9.83. The van der Waals surface area contributed by atoms with Crippen LogP contribution in [0.4, 0.5) is 0 Å². The smallest absolute Gasteiger partial charge is 0.224 e. The number of amides is 1. The van der Waals surface area contributed by atoms with Gasteiger partial charge in [-0.2, -0.15) is 5.10 Å². The second-order valence-electron chi connectivity index (χ2n) is 5.83. The molecule has 3 heterocycles. The average Bonchev–Trinajstić information content (AvgIpc) is 3.18. The van der Waals surface area contributed by atoms with E-state index < -0.39 is 0 Å². The van der Waals surface area contributed by atoms with E-state index in [0.29, 0.717) is 19.0 Å². The normalized spacial score (nSPS) is 24.2. The van der Waals surface area contributed by atoms with Gasteiger partial charge in [-0.1, -0.05) is 0 Å². The standard InChI is InChI=1S/C14H23N5O/c20-14(5-9-19-11-15-10-17-19)18-7-3-12(4-8-18)13-2-1-6-16-13/h10-13,16H,1-9H2. The van der Waals surface area contributed by atoms with Gasteiger partial charge in [-0.05, 0) is 38.1 Å². The zero-order valence-electron chi connectivity index (χ0n) is 11.9. The Bertz CT molecular complexity index is 419. The number of nitrogens with one attached hydrogen (secondary N) is 1. The summed E-state index contributed by atoms with van der Waals surface area (Å²) < 4.78 is 1.72. The summed E-state index contributed by atoms with van der Waals surface area (Å²) in [6.45, 7) is 3.63. The van der Waals surface area contributed by atoms with Gasteiger partial charge < -0.3 is 10.2 Å². The maximum absolute atomic E-state index is 12.2. The first-order valence-corrected chi connectivity index (χ1v) is 7.66. The fourth-order valence-corrected chi connectivity index (χ4v) is 3.38. The highest BCUT2D eigenvalue weighted by molar-refractivity contribution is 5.76. The molecule has 110 valence electrons. The van der Waals surface area contributed by atoms with E-state index in [-0.39, 0.29) is 5.91 Å². The van der Waals surface area contributed by atoms with Crippen LogP contribution in [0.3, 0.4) is 0 Å². The van der Waals surface area contributed by atoms with Crippen molar-refractivity contribution in [2.45, 2.75) is 44.7 Å². The Kier molecular flexibility index (Phi) is 4.30. The van der Waals surface area contributed by atoms with Crippen LogP contribution in [-0.2, 0) is 11.3 Å². The molecule has 2 saturated heterocycles. The van der Waals surface area contributed by atoms with Crippen LogP contribution < -0.4 is 5.32 Å². The third kappa shape index (κ3) is 3.17. The predicted octanol–water partition coefficient (Wildman–Crippen LogP) is 0.659. The number of nitrogens with zero attached hydrogens (tertiary/aromatic N) is 4. The maximum Gasteiger partial charge on any atom is 0.224 e. The van der Waals surface area contributed by atoms with Gasteiger partial charge in [0.15, 0.2) is 0 Å². The zero-order valence-corrected chi connectivity index (χ0v) is 11.9. The van der Waals surface area contributed by atoms with E-state index in [1.165, 1.54) is 25.7 Å². The van der Waals surface area contributed by atoms with Crippen molar-refractivity contribution in [1.29, 1.82) is 0 Å². The van der Waals surface area contributed by atoms with Crippen LogP contribution in [0.1, 0.15) is 32.1 Å². The monoisotopic (exact) mass is 277 g/mol. The lowest BCUT2D eigenvalue weighted by Gasteiger charge is -2.35. The Balaban J connectivity index is 1.41. The van der Waals surface area contributed by atoms with E-state index in [4.69, 9.17) is 0 Å². The molecular formula is C14H23N5O. The highest BCUT2D eigenvalue weighted by Crippen LogP contribution is 2.25. The summed E-state index contributed by atoms with van der Waals surface area (Å²) in [5.74, 6) is 1.01. The van der Waals surface area contributed by atoms with Gasteiger partial charge in [0.1, 0.15) is 12.7 Å². The van der Waals surface area contributed by atoms with Gasteiger partial charge in [0, 0.05) is 25.6 Å². The van der Waals surface area contributed by atoms with E-state index >= 15 is 0 Å². The molecule has 0 aliphatic carbocycles. The molecule has 1 amide bonds. The van der Waals surface area contributed by atoms with Crippen LogP contribution in [0.25, 0.3) is 0 Å². The number of carbonyl (C=O) groups is 1. The molecule has 1 aromatic rings. The quantitative estimate of drug-likeness (QED) is 0.878. The van der Waals surface area contributed by atoms with Crippen molar-refractivity contribution in [3.05, 3.63) is 12.7 Å². The summed E-state index contributed by atoms with van der Waals surface area (Å²) in [4.78, 5) is 18.1. The van der Waals surface area contributed by atoms with E-state index in [1.807, 2.05) is 4.90 Å². The van der Waals surface area contributed by atoms with Crippen LogP contribution in [-0.4, -0.2) is 51.2 Å². The van der Waals surface area contributed by atoms with Crippen LogP contribution in [0.5, 0.6) is 0 Å². The number of likely N-dealkylation sites (tertiary alicyclic amines) is 1. The number of hydrogen-bond acceptors (Lipinski definition) is 4. The van der Waals surface area contributed by atoms with Crippen LogP contribution in [0.15, 0.2) is 12.7 Å². The molecule has 0 bridgehead atoms. The lowest BCUT2D eigenvalue weighted by molar-refractivity contribution is -0.133. The largest absolute Gasteiger partial charge is 0.343 e. The number of rotatable bonds is 4. The number of piperidine rings is 1. The predicted molar refractivity (Wildman–Crippen MR) is 75.0 cm³/mol. The molecule has 2 aliphatic rings. The minimum Gasteiger partial charge on any atom is -0.343 e. The Labute approximate surface area is 119 Å². The molecule has 0 spiro atoms. The van der Waals surface area contributed by atoms with Crippen molar-refractivity contribution >= 4 is 5.91 Å². The molecular weight excluding hydrogens is 254 g/mol. The third-order valence-electron chi connectivity index (χ3n) is 4.58. The molecule has 6 nitrogen and oxygen atoms in total. The van der Waals surface area contributed by atoms with Crippen LogP contribution in [0.2, 0.25) is 0 Å². The number of aromatic nitrogens is 3. The Morgan fingerprint density at radius 2 is 2.15 bits per heavy atom. The molecule has 6 heteroatoms. The molecule has 2 aliphatic heterocycles. The Morgan fingerprint density at radius 3 is 2.80 bits per heavy atom. The molecule has 20 heavy (non-hydrogen) atoms. The van der Waals surface area contributed by atoms with Gasteiger partial charge in [-0.3, -0.25) is 9.48 Å². The molecule has 2 fully saturated rings. The van der Waals surface area contributed by atoms with Crippen LogP contribution >= 0.6 is 0 Å². The lowest BCUT2D eigenvalue weighted by atomic mass is 9.88. The highest BCUT2D eigenvalue weighted by atomic mass is 16.2. The Hall–Kier alpha value is -1.43. The third-order valence-corrected chi connectivity index (χ3v) is 4.58. The van der Waals surface area contributed by atoms with Gasteiger partial charge in [0.25, 0.3) is 0 Å². The van der Waals surface area contributed by atoms with Crippen molar-refractivity contribution in [3.8, 4) is 0 Å². The maximum atomic E-state index is 12.2. The van der Waals surface area contributed by atoms with Gasteiger partial charge in [-0.15, -0.1) is 0 Å². The van der Waals surface area contributed by atoms with Crippen molar-refractivity contribution < 1.29 is 4.79 Å². The minimum absolute atomic E-state index is 0.248. The summed E-state index contributed by atoms with van der Waals surface area (Å²) in [5.41, 5.74) is 0. The van der Waals surface area contributed by atoms with E-state index in [1.54, 1.807) is 11.0 Å². The molecule has 1 aromatic heterocycles. The zero-order chi connectivity index (χ0) is 13.8. The molecule has 3 rings (SSSR count). The number of hydrogen-bond donors (Lipinski definition) is 1. The fourth-order valence-electron chi connectivity index (χ4n) is 3.38. The van der Waals surface area contributed by atoms with Gasteiger partial charge >= 0.3 is 0 Å². The molecule has 1 unspecified atom stereocenters. The summed E-state index contributed by atoms with van der Waals surface area (Å²) in [6, 6.07) is 0.697. The SMILES string of the molecule is O=C(CCn1cncn1)N1CCC(C2CCCN2)CC1. The summed E-state index contributed by atoms with van der Waals surface area (Å²) in [7, 11) is 0. The summed E-state index contributed by atoms with van der Waals surface area (Å²) in [6.07, 6.45) is 8.59. The average molecular weight is 277 g/mol.